The summed E-state index contributed by atoms with van der Waals surface area (Å²) in [6, 6.07) is 51.3. The molecule has 4 nitrogen and oxygen atoms in total. The van der Waals surface area contributed by atoms with E-state index in [1.807, 2.05) is 0 Å². The molecule has 212 valence electrons. The van der Waals surface area contributed by atoms with Gasteiger partial charge < -0.3 is 13.9 Å². The summed E-state index contributed by atoms with van der Waals surface area (Å²) in [5.74, 6) is 1.07. The van der Waals surface area contributed by atoms with Gasteiger partial charge in [0.15, 0.2) is 5.58 Å². The summed E-state index contributed by atoms with van der Waals surface area (Å²) in [5, 5.41) is 2.44. The first-order chi connectivity index (χ1) is 21.6. The molecule has 0 unspecified atom stereocenters. The Morgan fingerprint density at radius 3 is 1.95 bits per heavy atom. The first-order valence-electron chi connectivity index (χ1n) is 15.1. The fourth-order valence-electron chi connectivity index (χ4n) is 6.15. The van der Waals surface area contributed by atoms with Crippen molar-refractivity contribution in [1.29, 1.82) is 0 Å². The molecular formula is C40H31N3O. The van der Waals surface area contributed by atoms with Crippen LogP contribution in [0.25, 0.3) is 50.0 Å². The Bertz CT molecular complexity index is 2210. The van der Waals surface area contributed by atoms with Crippen LogP contribution in [-0.2, 0) is 0 Å². The number of benzene rings is 6. The van der Waals surface area contributed by atoms with E-state index in [-0.39, 0.29) is 0 Å². The van der Waals surface area contributed by atoms with Gasteiger partial charge in [0.1, 0.15) is 5.52 Å². The molecule has 44 heavy (non-hydrogen) atoms. The third kappa shape index (κ3) is 4.43. The Kier molecular flexibility index (Phi) is 6.27. The van der Waals surface area contributed by atoms with E-state index >= 15 is 0 Å². The molecule has 0 aliphatic rings. The number of para-hydroxylation sites is 3. The first kappa shape index (κ1) is 26.1. The average Bonchev–Trinajstić information content (AvgIpc) is 3.65. The van der Waals surface area contributed by atoms with E-state index in [1.165, 1.54) is 21.9 Å². The van der Waals surface area contributed by atoms with Crippen LogP contribution in [0.15, 0.2) is 150 Å². The minimum Gasteiger partial charge on any atom is -0.436 e. The molecule has 0 saturated carbocycles. The number of hydrogen-bond acceptors (Lipinski definition) is 3. The quantitative estimate of drug-likeness (QED) is 0.200. The summed E-state index contributed by atoms with van der Waals surface area (Å²) in [5.41, 5.74) is 10.6. The molecule has 0 aliphatic carbocycles. The normalized spacial score (nSPS) is 11.6. The molecule has 4 heteroatoms. The van der Waals surface area contributed by atoms with E-state index in [9.17, 15) is 0 Å². The third-order valence-corrected chi connectivity index (χ3v) is 8.40. The van der Waals surface area contributed by atoms with Crippen molar-refractivity contribution < 1.29 is 4.42 Å². The maximum absolute atomic E-state index is 6.22. The van der Waals surface area contributed by atoms with Crippen LogP contribution in [0.4, 0.5) is 17.1 Å². The number of aromatic nitrogens is 2. The fraction of sp³-hybridized carbons (Fsp3) is 0.0750. The highest BCUT2D eigenvalue weighted by Gasteiger charge is 2.18. The molecule has 6 aromatic carbocycles. The lowest BCUT2D eigenvalue weighted by Crippen LogP contribution is -2.09. The summed E-state index contributed by atoms with van der Waals surface area (Å²) < 4.78 is 8.57. The van der Waals surface area contributed by atoms with Crippen molar-refractivity contribution in [3.63, 3.8) is 0 Å². The summed E-state index contributed by atoms with van der Waals surface area (Å²) in [6.45, 7) is 4.38. The van der Waals surface area contributed by atoms with Crippen LogP contribution in [0.5, 0.6) is 0 Å². The van der Waals surface area contributed by atoms with Crippen LogP contribution >= 0.6 is 0 Å². The van der Waals surface area contributed by atoms with Crippen LogP contribution in [0.1, 0.15) is 25.3 Å². The molecule has 2 aromatic heterocycles. The Morgan fingerprint density at radius 1 is 0.591 bits per heavy atom. The minimum atomic E-state index is 0.437. The van der Waals surface area contributed by atoms with Gasteiger partial charge in [-0.15, -0.1) is 0 Å². The second-order valence-corrected chi connectivity index (χ2v) is 11.5. The number of fused-ring (bicyclic) bond motifs is 4. The standard InChI is InChI=1S/C40H31N3O/c1-27(2)29-19-24-36-39(25-29)44-40(41-36)28-17-20-32(21-18-28)43-37-16-10-9-15-34(37)35-23-22-33(26-38(35)43)42(30-11-5-3-6-12-30)31-13-7-4-8-14-31/h3-27H,1-2H3. The minimum absolute atomic E-state index is 0.437. The molecule has 0 bridgehead atoms. The topological polar surface area (TPSA) is 34.2 Å². The average molecular weight is 570 g/mol. The molecule has 0 aliphatic heterocycles. The van der Waals surface area contributed by atoms with Crippen LogP contribution in [-0.4, -0.2) is 9.55 Å². The lowest BCUT2D eigenvalue weighted by Gasteiger charge is -2.25. The van der Waals surface area contributed by atoms with Crippen molar-refractivity contribution in [3.8, 4) is 17.1 Å². The molecule has 0 N–H and O–H groups in total. The van der Waals surface area contributed by atoms with Gasteiger partial charge >= 0.3 is 0 Å². The third-order valence-electron chi connectivity index (χ3n) is 8.40. The van der Waals surface area contributed by atoms with Crippen LogP contribution in [0, 0.1) is 0 Å². The zero-order chi connectivity index (χ0) is 29.6. The molecule has 8 rings (SSSR count). The SMILES string of the molecule is CC(C)c1ccc2nc(-c3ccc(-n4c5ccccc5c5ccc(N(c6ccccc6)c6ccccc6)cc54)cc3)oc2c1. The van der Waals surface area contributed by atoms with Crippen LogP contribution < -0.4 is 4.90 Å². The summed E-state index contributed by atoms with van der Waals surface area (Å²) >= 11 is 0. The van der Waals surface area contributed by atoms with Crippen molar-refractivity contribution in [2.45, 2.75) is 19.8 Å². The number of rotatable bonds is 6. The van der Waals surface area contributed by atoms with Gasteiger partial charge in [-0.05, 0) is 90.3 Å². The van der Waals surface area contributed by atoms with E-state index in [0.717, 1.165) is 44.9 Å². The van der Waals surface area contributed by atoms with Gasteiger partial charge in [-0.3, -0.25) is 0 Å². The zero-order valence-electron chi connectivity index (χ0n) is 24.7. The number of hydrogen-bond donors (Lipinski definition) is 0. The maximum atomic E-state index is 6.22. The van der Waals surface area contributed by atoms with Crippen molar-refractivity contribution in [2.24, 2.45) is 0 Å². The highest BCUT2D eigenvalue weighted by atomic mass is 16.3. The van der Waals surface area contributed by atoms with Crippen molar-refractivity contribution in [2.75, 3.05) is 4.90 Å². The summed E-state index contributed by atoms with van der Waals surface area (Å²) in [6.07, 6.45) is 0. The fourth-order valence-corrected chi connectivity index (χ4v) is 6.15. The van der Waals surface area contributed by atoms with Gasteiger partial charge in [-0.25, -0.2) is 4.98 Å². The Labute approximate surface area is 256 Å². The van der Waals surface area contributed by atoms with E-state index < -0.39 is 0 Å². The smallest absolute Gasteiger partial charge is 0.227 e. The second kappa shape index (κ2) is 10.6. The number of oxazole rings is 1. The molecule has 0 spiro atoms. The van der Waals surface area contributed by atoms with E-state index in [1.54, 1.807) is 0 Å². The highest BCUT2D eigenvalue weighted by Crippen LogP contribution is 2.39. The highest BCUT2D eigenvalue weighted by molar-refractivity contribution is 6.10. The van der Waals surface area contributed by atoms with E-state index in [2.05, 4.69) is 169 Å². The Morgan fingerprint density at radius 2 is 1.25 bits per heavy atom. The maximum Gasteiger partial charge on any atom is 0.227 e. The number of nitrogens with zero attached hydrogens (tertiary/aromatic N) is 3. The molecule has 2 heterocycles. The molecule has 0 amide bonds. The van der Waals surface area contributed by atoms with Gasteiger partial charge in [0.2, 0.25) is 5.89 Å². The van der Waals surface area contributed by atoms with Crippen molar-refractivity contribution in [3.05, 3.63) is 151 Å². The van der Waals surface area contributed by atoms with Crippen molar-refractivity contribution >= 4 is 50.0 Å². The molecule has 0 atom stereocenters. The lowest BCUT2D eigenvalue weighted by molar-refractivity contribution is 0.619. The molecule has 0 saturated heterocycles. The van der Waals surface area contributed by atoms with E-state index in [0.29, 0.717) is 11.8 Å². The second-order valence-electron chi connectivity index (χ2n) is 11.5. The monoisotopic (exact) mass is 569 g/mol. The van der Waals surface area contributed by atoms with Crippen molar-refractivity contribution in [1.82, 2.24) is 9.55 Å². The van der Waals surface area contributed by atoms with Crippen LogP contribution in [0.2, 0.25) is 0 Å². The molecule has 0 radical (unpaired) electrons. The zero-order valence-corrected chi connectivity index (χ0v) is 24.7. The van der Waals surface area contributed by atoms with Crippen LogP contribution in [0.3, 0.4) is 0 Å². The van der Waals surface area contributed by atoms with Gasteiger partial charge in [-0.2, -0.15) is 0 Å². The largest absolute Gasteiger partial charge is 0.436 e. The van der Waals surface area contributed by atoms with Gasteiger partial charge in [0.05, 0.1) is 11.0 Å². The molecule has 8 aromatic rings. The predicted molar refractivity (Wildman–Crippen MR) is 183 cm³/mol. The van der Waals surface area contributed by atoms with Gasteiger partial charge in [-0.1, -0.05) is 80.6 Å². The molecular weight excluding hydrogens is 538 g/mol. The summed E-state index contributed by atoms with van der Waals surface area (Å²) in [7, 11) is 0. The first-order valence-corrected chi connectivity index (χ1v) is 15.1. The van der Waals surface area contributed by atoms with E-state index in [4.69, 9.17) is 9.40 Å². The van der Waals surface area contributed by atoms with Gasteiger partial charge in [0, 0.05) is 39.1 Å². The number of anilines is 3. The lowest BCUT2D eigenvalue weighted by atomic mass is 10.0. The Hall–Kier alpha value is -5.61. The molecule has 0 fully saturated rings. The summed E-state index contributed by atoms with van der Waals surface area (Å²) in [4.78, 5) is 7.09. The van der Waals surface area contributed by atoms with Gasteiger partial charge in [0.25, 0.3) is 0 Å². The Balaban J connectivity index is 1.26. The predicted octanol–water partition coefficient (Wildman–Crippen LogP) is 11.2.